The Bertz CT molecular complexity index is 769. The summed E-state index contributed by atoms with van der Waals surface area (Å²) in [5.74, 6) is -0.620. The van der Waals surface area contributed by atoms with Crippen LogP contribution in [0.3, 0.4) is 0 Å². The SMILES string of the molecule is CC1Cc2ccccc2C1NC(=O)CCc1ccccc1C(=O)O. The van der Waals surface area contributed by atoms with Gasteiger partial charge in [0.25, 0.3) is 0 Å². The number of rotatable bonds is 5. The molecule has 0 radical (unpaired) electrons. The molecule has 4 nitrogen and oxygen atoms in total. The van der Waals surface area contributed by atoms with Gasteiger partial charge in [-0.05, 0) is 41.5 Å². The highest BCUT2D eigenvalue weighted by Crippen LogP contribution is 2.35. The number of hydrogen-bond donors (Lipinski definition) is 2. The van der Waals surface area contributed by atoms with Crippen molar-refractivity contribution in [2.45, 2.75) is 32.2 Å². The molecule has 24 heavy (non-hydrogen) atoms. The smallest absolute Gasteiger partial charge is 0.335 e. The molecule has 0 aliphatic heterocycles. The van der Waals surface area contributed by atoms with E-state index in [2.05, 4.69) is 24.4 Å². The number of carbonyl (C=O) groups is 2. The maximum atomic E-state index is 12.4. The number of benzene rings is 2. The Morgan fingerprint density at radius 1 is 1.12 bits per heavy atom. The molecule has 4 heteroatoms. The number of amides is 1. The number of aromatic carboxylic acids is 1. The first-order valence-electron chi connectivity index (χ1n) is 8.24. The van der Waals surface area contributed by atoms with Crippen LogP contribution >= 0.6 is 0 Å². The van der Waals surface area contributed by atoms with Crippen molar-refractivity contribution >= 4 is 11.9 Å². The van der Waals surface area contributed by atoms with Crippen LogP contribution in [-0.2, 0) is 17.6 Å². The van der Waals surface area contributed by atoms with Crippen LogP contribution in [0.4, 0.5) is 0 Å². The highest BCUT2D eigenvalue weighted by atomic mass is 16.4. The minimum Gasteiger partial charge on any atom is -0.478 e. The fraction of sp³-hybridized carbons (Fsp3) is 0.300. The van der Waals surface area contributed by atoms with Gasteiger partial charge in [0, 0.05) is 6.42 Å². The predicted octanol–water partition coefficient (Wildman–Crippen LogP) is 3.37. The van der Waals surface area contributed by atoms with E-state index in [0.717, 1.165) is 6.42 Å². The lowest BCUT2D eigenvalue weighted by molar-refractivity contribution is -0.122. The van der Waals surface area contributed by atoms with Gasteiger partial charge in [0.2, 0.25) is 5.91 Å². The fourth-order valence-corrected chi connectivity index (χ4v) is 3.46. The number of carboxylic acid groups (broad SMARTS) is 1. The molecule has 124 valence electrons. The molecule has 2 N–H and O–H groups in total. The van der Waals surface area contributed by atoms with E-state index in [4.69, 9.17) is 0 Å². The van der Waals surface area contributed by atoms with Gasteiger partial charge in [-0.1, -0.05) is 49.4 Å². The molecule has 2 unspecified atom stereocenters. The summed E-state index contributed by atoms with van der Waals surface area (Å²) in [6.07, 6.45) is 1.69. The van der Waals surface area contributed by atoms with Crippen LogP contribution in [-0.4, -0.2) is 17.0 Å². The second-order valence-electron chi connectivity index (χ2n) is 6.39. The Balaban J connectivity index is 1.64. The third-order valence-corrected chi connectivity index (χ3v) is 4.69. The lowest BCUT2D eigenvalue weighted by Crippen LogP contribution is -2.30. The summed E-state index contributed by atoms with van der Waals surface area (Å²) in [7, 11) is 0. The molecule has 0 saturated heterocycles. The van der Waals surface area contributed by atoms with E-state index in [1.807, 2.05) is 12.1 Å². The number of nitrogens with one attached hydrogen (secondary N) is 1. The zero-order chi connectivity index (χ0) is 17.1. The van der Waals surface area contributed by atoms with Gasteiger partial charge in [-0.25, -0.2) is 4.79 Å². The first-order valence-corrected chi connectivity index (χ1v) is 8.24. The average molecular weight is 323 g/mol. The van der Waals surface area contributed by atoms with E-state index in [9.17, 15) is 14.7 Å². The fourth-order valence-electron chi connectivity index (χ4n) is 3.46. The van der Waals surface area contributed by atoms with Gasteiger partial charge < -0.3 is 10.4 Å². The minimum atomic E-state index is -0.954. The third kappa shape index (κ3) is 3.32. The van der Waals surface area contributed by atoms with Crippen molar-refractivity contribution in [3.05, 3.63) is 70.8 Å². The van der Waals surface area contributed by atoms with Crippen molar-refractivity contribution in [1.29, 1.82) is 0 Å². The zero-order valence-corrected chi connectivity index (χ0v) is 13.7. The normalized spacial score (nSPS) is 18.9. The Labute approximate surface area is 141 Å². The van der Waals surface area contributed by atoms with Crippen LogP contribution in [0.2, 0.25) is 0 Å². The first kappa shape index (κ1) is 16.2. The maximum absolute atomic E-state index is 12.4. The molecule has 2 aromatic carbocycles. The minimum absolute atomic E-state index is 0.0382. The molecule has 2 atom stereocenters. The highest BCUT2D eigenvalue weighted by Gasteiger charge is 2.29. The summed E-state index contributed by atoms with van der Waals surface area (Å²) in [4.78, 5) is 23.6. The summed E-state index contributed by atoms with van der Waals surface area (Å²) in [6.45, 7) is 2.14. The first-order chi connectivity index (χ1) is 11.6. The van der Waals surface area contributed by atoms with Crippen molar-refractivity contribution in [1.82, 2.24) is 5.32 Å². The molecule has 1 amide bonds. The Morgan fingerprint density at radius 3 is 2.62 bits per heavy atom. The maximum Gasteiger partial charge on any atom is 0.335 e. The Morgan fingerprint density at radius 2 is 1.83 bits per heavy atom. The Kier molecular flexibility index (Phi) is 4.65. The molecule has 1 aliphatic rings. The number of carbonyl (C=O) groups excluding carboxylic acids is 1. The molecule has 0 heterocycles. The van der Waals surface area contributed by atoms with Crippen molar-refractivity contribution in [3.63, 3.8) is 0 Å². The molecule has 0 fully saturated rings. The van der Waals surface area contributed by atoms with Crippen LogP contribution in [0, 0.1) is 5.92 Å². The molecule has 0 bridgehead atoms. The van der Waals surface area contributed by atoms with E-state index in [0.29, 0.717) is 17.9 Å². The lowest BCUT2D eigenvalue weighted by atomic mass is 10.0. The molecular weight excluding hydrogens is 302 g/mol. The van der Waals surface area contributed by atoms with E-state index in [1.54, 1.807) is 24.3 Å². The molecule has 3 rings (SSSR count). The Hall–Kier alpha value is -2.62. The second-order valence-corrected chi connectivity index (χ2v) is 6.39. The van der Waals surface area contributed by atoms with E-state index < -0.39 is 5.97 Å². The van der Waals surface area contributed by atoms with Crippen molar-refractivity contribution < 1.29 is 14.7 Å². The summed E-state index contributed by atoms with van der Waals surface area (Å²) < 4.78 is 0. The highest BCUT2D eigenvalue weighted by molar-refractivity contribution is 5.89. The van der Waals surface area contributed by atoms with Gasteiger partial charge in [0.1, 0.15) is 0 Å². The van der Waals surface area contributed by atoms with Crippen molar-refractivity contribution in [2.24, 2.45) is 5.92 Å². The monoisotopic (exact) mass is 323 g/mol. The molecule has 1 aliphatic carbocycles. The van der Waals surface area contributed by atoms with Crippen LogP contribution in [0.1, 0.15) is 46.4 Å². The summed E-state index contributed by atoms with van der Waals surface area (Å²) in [6, 6.07) is 15.1. The van der Waals surface area contributed by atoms with Crippen molar-refractivity contribution in [3.8, 4) is 0 Å². The summed E-state index contributed by atoms with van der Waals surface area (Å²) in [5.41, 5.74) is 3.46. The molecule has 0 spiro atoms. The number of hydrogen-bond acceptors (Lipinski definition) is 2. The summed E-state index contributed by atoms with van der Waals surface area (Å²) in [5, 5.41) is 12.3. The molecule has 2 aromatic rings. The molecule has 0 saturated carbocycles. The van der Waals surface area contributed by atoms with E-state index in [1.165, 1.54) is 11.1 Å². The van der Waals surface area contributed by atoms with Crippen LogP contribution < -0.4 is 5.32 Å². The van der Waals surface area contributed by atoms with Gasteiger partial charge in [-0.3, -0.25) is 4.79 Å². The van der Waals surface area contributed by atoms with Gasteiger partial charge in [0.05, 0.1) is 11.6 Å². The van der Waals surface area contributed by atoms with Gasteiger partial charge >= 0.3 is 5.97 Å². The predicted molar refractivity (Wildman–Crippen MR) is 91.9 cm³/mol. The van der Waals surface area contributed by atoms with E-state index in [-0.39, 0.29) is 23.9 Å². The van der Waals surface area contributed by atoms with Crippen LogP contribution in [0.15, 0.2) is 48.5 Å². The topological polar surface area (TPSA) is 66.4 Å². The summed E-state index contributed by atoms with van der Waals surface area (Å²) >= 11 is 0. The third-order valence-electron chi connectivity index (χ3n) is 4.69. The average Bonchev–Trinajstić information content (AvgIpc) is 2.89. The van der Waals surface area contributed by atoms with Gasteiger partial charge in [0.15, 0.2) is 0 Å². The number of fused-ring (bicyclic) bond motifs is 1. The zero-order valence-electron chi connectivity index (χ0n) is 13.7. The molecule has 0 aromatic heterocycles. The largest absolute Gasteiger partial charge is 0.478 e. The second kappa shape index (κ2) is 6.87. The van der Waals surface area contributed by atoms with Crippen LogP contribution in [0.25, 0.3) is 0 Å². The standard InChI is InChI=1S/C20H21NO3/c1-13-12-15-7-3-4-8-16(15)19(13)21-18(22)11-10-14-6-2-5-9-17(14)20(23)24/h2-9,13,19H,10-12H2,1H3,(H,21,22)(H,23,24). The quantitative estimate of drug-likeness (QED) is 0.886. The van der Waals surface area contributed by atoms with E-state index >= 15 is 0 Å². The molecular formula is C20H21NO3. The van der Waals surface area contributed by atoms with Gasteiger partial charge in [-0.15, -0.1) is 0 Å². The number of carboxylic acids is 1. The van der Waals surface area contributed by atoms with Gasteiger partial charge in [-0.2, -0.15) is 0 Å². The van der Waals surface area contributed by atoms with Crippen molar-refractivity contribution in [2.75, 3.05) is 0 Å². The lowest BCUT2D eigenvalue weighted by Gasteiger charge is -2.19. The number of aryl methyl sites for hydroxylation is 1. The van der Waals surface area contributed by atoms with Crippen LogP contribution in [0.5, 0.6) is 0 Å².